The van der Waals surface area contributed by atoms with Crippen LogP contribution in [0.3, 0.4) is 0 Å². The second-order valence-electron chi connectivity index (χ2n) is 7.19. The van der Waals surface area contributed by atoms with Gasteiger partial charge in [0, 0.05) is 6.16 Å². The molecule has 2 aliphatic carbocycles. The minimum atomic E-state index is 0.963. The first kappa shape index (κ1) is 16.9. The van der Waals surface area contributed by atoms with Crippen LogP contribution in [0.2, 0.25) is 0 Å². The fraction of sp³-hybridized carbons (Fsp3) is 1.00. The molecule has 2 fully saturated rings. The van der Waals surface area contributed by atoms with Gasteiger partial charge >= 0.3 is 0 Å². The van der Waals surface area contributed by atoms with Gasteiger partial charge in [-0.1, -0.05) is 102 Å². The Bertz CT molecular complexity index is 228. The van der Waals surface area contributed by atoms with Crippen molar-refractivity contribution in [3.05, 3.63) is 0 Å². The monoisotopic (exact) mass is 312 g/mol. The highest BCUT2D eigenvalue weighted by molar-refractivity contribution is 7.96. The van der Waals surface area contributed by atoms with Gasteiger partial charge < -0.3 is 0 Å². The fourth-order valence-corrected chi connectivity index (χ4v) is 5.89. The first-order valence-corrected chi connectivity index (χ1v) is 11.3. The topological polar surface area (TPSA) is 0 Å². The Morgan fingerprint density at radius 1 is 0.650 bits per heavy atom. The Morgan fingerprint density at radius 2 is 1.00 bits per heavy atom. The Hall–Kier alpha value is 0.520. The smallest absolute Gasteiger partial charge is 0.00321 e. The van der Waals surface area contributed by atoms with Crippen LogP contribution in [0.4, 0.5) is 0 Å². The van der Waals surface area contributed by atoms with Crippen LogP contribution in [0.1, 0.15) is 89.9 Å². The van der Waals surface area contributed by atoms with Crippen molar-refractivity contribution in [3.8, 4) is 0 Å². The van der Waals surface area contributed by atoms with E-state index < -0.39 is 0 Å². The third-order valence-corrected chi connectivity index (χ3v) is 6.81. The standard InChI is InChI=1S/C18H33PS/c20-19-15-18(16-11-7-3-1-4-8-12-16)17-13-9-5-2-6-10-14-17/h16-18H,1-15H2. The lowest BCUT2D eigenvalue weighted by Crippen LogP contribution is -2.27. The van der Waals surface area contributed by atoms with Gasteiger partial charge in [-0.3, -0.25) is 0 Å². The van der Waals surface area contributed by atoms with Gasteiger partial charge in [-0.15, -0.1) is 0 Å². The summed E-state index contributed by atoms with van der Waals surface area (Å²) in [5.41, 5.74) is 0. The second-order valence-corrected chi connectivity index (χ2v) is 8.58. The lowest BCUT2D eigenvalue weighted by molar-refractivity contribution is 0.181. The molecule has 0 aromatic carbocycles. The SMILES string of the molecule is S=PCC(C1CCCCCCC1)C1CCCCCCC1. The van der Waals surface area contributed by atoms with Gasteiger partial charge in [-0.05, 0) is 25.1 Å². The molecule has 2 rings (SSSR count). The Morgan fingerprint density at radius 3 is 1.35 bits per heavy atom. The molecule has 2 heteroatoms. The molecular formula is C18H33PS. The summed E-state index contributed by atoms with van der Waals surface area (Å²) in [6.45, 7) is 0. The minimum Gasteiger partial charge on any atom is -0.0578 e. The van der Waals surface area contributed by atoms with Crippen molar-refractivity contribution in [1.29, 1.82) is 0 Å². The number of hydrogen-bond donors (Lipinski definition) is 0. The molecule has 0 bridgehead atoms. The maximum absolute atomic E-state index is 5.36. The highest BCUT2D eigenvalue weighted by Crippen LogP contribution is 2.39. The van der Waals surface area contributed by atoms with Crippen LogP contribution in [0.25, 0.3) is 0 Å². The van der Waals surface area contributed by atoms with Crippen molar-refractivity contribution in [2.75, 3.05) is 6.16 Å². The summed E-state index contributed by atoms with van der Waals surface area (Å²) in [6.07, 6.45) is 22.2. The first-order chi connectivity index (χ1) is 9.92. The minimum absolute atomic E-state index is 0.963. The van der Waals surface area contributed by atoms with Crippen molar-refractivity contribution in [1.82, 2.24) is 0 Å². The van der Waals surface area contributed by atoms with E-state index >= 15 is 0 Å². The fourth-order valence-electron chi connectivity index (χ4n) is 4.60. The van der Waals surface area contributed by atoms with E-state index in [4.69, 9.17) is 11.8 Å². The van der Waals surface area contributed by atoms with Gasteiger partial charge in [0.1, 0.15) is 0 Å². The van der Waals surface area contributed by atoms with E-state index in [1.54, 1.807) is 0 Å². The first-order valence-electron chi connectivity index (χ1n) is 9.21. The zero-order valence-corrected chi connectivity index (χ0v) is 14.9. The van der Waals surface area contributed by atoms with Crippen LogP contribution in [0.15, 0.2) is 0 Å². The summed E-state index contributed by atoms with van der Waals surface area (Å²) in [7, 11) is 1.23. The summed E-state index contributed by atoms with van der Waals surface area (Å²) in [4.78, 5) is 0. The van der Waals surface area contributed by atoms with Gasteiger partial charge in [0.05, 0.1) is 0 Å². The molecule has 0 heterocycles. The van der Waals surface area contributed by atoms with E-state index in [1.165, 1.54) is 103 Å². The van der Waals surface area contributed by atoms with Crippen LogP contribution in [-0.4, -0.2) is 6.16 Å². The van der Waals surface area contributed by atoms with E-state index in [9.17, 15) is 0 Å². The van der Waals surface area contributed by atoms with Crippen molar-refractivity contribution < 1.29 is 0 Å². The summed E-state index contributed by atoms with van der Waals surface area (Å²) < 4.78 is 0. The lowest BCUT2D eigenvalue weighted by Gasteiger charge is -2.35. The van der Waals surface area contributed by atoms with Crippen LogP contribution in [0, 0.1) is 17.8 Å². The van der Waals surface area contributed by atoms with Crippen LogP contribution in [-0.2, 0) is 11.8 Å². The highest BCUT2D eigenvalue weighted by atomic mass is 32.4. The summed E-state index contributed by atoms with van der Waals surface area (Å²) in [6, 6.07) is 0. The summed E-state index contributed by atoms with van der Waals surface area (Å²) in [5.74, 6) is 2.98. The molecule has 0 aromatic rings. The van der Waals surface area contributed by atoms with Gasteiger partial charge in [-0.25, -0.2) is 0 Å². The molecule has 0 nitrogen and oxygen atoms in total. The third-order valence-electron chi connectivity index (χ3n) is 5.80. The molecule has 0 aliphatic heterocycles. The molecule has 2 aliphatic rings. The van der Waals surface area contributed by atoms with Crippen LogP contribution < -0.4 is 0 Å². The predicted octanol–water partition coefficient (Wildman–Crippen LogP) is 6.73. The molecule has 0 spiro atoms. The molecule has 20 heavy (non-hydrogen) atoms. The van der Waals surface area contributed by atoms with Gasteiger partial charge in [0.15, 0.2) is 0 Å². The van der Waals surface area contributed by atoms with Gasteiger partial charge in [0.2, 0.25) is 0 Å². The van der Waals surface area contributed by atoms with E-state index in [0.29, 0.717) is 0 Å². The largest absolute Gasteiger partial charge is 0.0578 e. The second kappa shape index (κ2) is 10.3. The molecule has 0 atom stereocenters. The quantitative estimate of drug-likeness (QED) is 0.518. The molecule has 0 unspecified atom stereocenters. The van der Waals surface area contributed by atoms with Crippen LogP contribution >= 0.6 is 7.36 Å². The molecule has 0 amide bonds. The third kappa shape index (κ3) is 5.72. The lowest BCUT2D eigenvalue weighted by atomic mass is 9.72. The van der Waals surface area contributed by atoms with E-state index in [0.717, 1.165) is 17.8 Å². The van der Waals surface area contributed by atoms with Crippen LogP contribution in [0.5, 0.6) is 0 Å². The summed E-state index contributed by atoms with van der Waals surface area (Å²) >= 11 is 5.36. The number of hydrogen-bond acceptors (Lipinski definition) is 1. The van der Waals surface area contributed by atoms with Crippen molar-refractivity contribution >= 4 is 19.2 Å². The van der Waals surface area contributed by atoms with Crippen molar-refractivity contribution in [2.45, 2.75) is 89.9 Å². The van der Waals surface area contributed by atoms with E-state index in [1.807, 2.05) is 0 Å². The zero-order valence-electron chi connectivity index (χ0n) is 13.2. The maximum Gasteiger partial charge on any atom is 0.00321 e. The zero-order chi connectivity index (χ0) is 14.0. The predicted molar refractivity (Wildman–Crippen MR) is 94.3 cm³/mol. The molecular weight excluding hydrogens is 279 g/mol. The van der Waals surface area contributed by atoms with Gasteiger partial charge in [0.25, 0.3) is 0 Å². The van der Waals surface area contributed by atoms with Crippen molar-refractivity contribution in [2.24, 2.45) is 17.8 Å². The molecule has 0 N–H and O–H groups in total. The Labute approximate surface area is 133 Å². The van der Waals surface area contributed by atoms with Gasteiger partial charge in [-0.2, -0.15) is 0 Å². The Kier molecular flexibility index (Phi) is 8.68. The number of rotatable bonds is 4. The molecule has 0 radical (unpaired) electrons. The van der Waals surface area contributed by atoms with Crippen molar-refractivity contribution in [3.63, 3.8) is 0 Å². The van der Waals surface area contributed by atoms with E-state index in [2.05, 4.69) is 0 Å². The average Bonchev–Trinajstić information content (AvgIpc) is 2.36. The molecule has 0 saturated heterocycles. The average molecular weight is 313 g/mol. The van der Waals surface area contributed by atoms with E-state index in [-0.39, 0.29) is 0 Å². The molecule has 2 saturated carbocycles. The maximum atomic E-state index is 5.36. The summed E-state index contributed by atoms with van der Waals surface area (Å²) in [5, 5.41) is 0. The highest BCUT2D eigenvalue weighted by Gasteiger charge is 2.29. The molecule has 0 aromatic heterocycles. The molecule has 116 valence electrons. The Balaban J connectivity index is 1.96. The normalized spacial score (nSPS) is 25.1.